The molecule has 6 nitrogen and oxygen atoms in total. The molecule has 0 saturated carbocycles. The lowest BCUT2D eigenvalue weighted by molar-refractivity contribution is -0.144. The first kappa shape index (κ1) is 19.8. The number of carbonyl (C=O) groups is 1. The molecule has 1 aromatic carbocycles. The molecule has 140 valence electrons. The van der Waals surface area contributed by atoms with Crippen LogP contribution in [0.15, 0.2) is 24.3 Å². The van der Waals surface area contributed by atoms with Crippen LogP contribution >= 0.6 is 12.4 Å². The van der Waals surface area contributed by atoms with E-state index >= 15 is 0 Å². The number of hydrogen-bond donors (Lipinski definition) is 1. The van der Waals surface area contributed by atoms with E-state index in [-0.39, 0.29) is 36.6 Å². The number of hydrogen-bond acceptors (Lipinski definition) is 5. The summed E-state index contributed by atoms with van der Waals surface area (Å²) >= 11 is 0. The van der Waals surface area contributed by atoms with Gasteiger partial charge >= 0.3 is 0 Å². The van der Waals surface area contributed by atoms with Crippen molar-refractivity contribution < 1.29 is 19.0 Å². The molecular weight excluding hydrogens is 344 g/mol. The maximum absolute atomic E-state index is 12.8. The van der Waals surface area contributed by atoms with Gasteiger partial charge in [-0.3, -0.25) is 4.79 Å². The van der Waals surface area contributed by atoms with Gasteiger partial charge in [0.2, 0.25) is 0 Å². The summed E-state index contributed by atoms with van der Waals surface area (Å²) in [6.45, 7) is 4.17. The largest absolute Gasteiger partial charge is 0.486 e. The Labute approximate surface area is 155 Å². The van der Waals surface area contributed by atoms with Gasteiger partial charge in [-0.2, -0.15) is 0 Å². The molecule has 25 heavy (non-hydrogen) atoms. The highest BCUT2D eigenvalue weighted by Gasteiger charge is 2.34. The number of rotatable bonds is 6. The van der Waals surface area contributed by atoms with E-state index in [1.54, 1.807) is 0 Å². The first-order valence-electron chi connectivity index (χ1n) is 8.74. The van der Waals surface area contributed by atoms with Crippen molar-refractivity contribution >= 4 is 18.3 Å². The van der Waals surface area contributed by atoms with E-state index in [4.69, 9.17) is 19.9 Å². The second kappa shape index (κ2) is 9.27. The molecule has 7 heteroatoms. The highest BCUT2D eigenvalue weighted by molar-refractivity contribution is 5.85. The third kappa shape index (κ3) is 4.77. The maximum atomic E-state index is 12.8. The molecule has 1 unspecified atom stereocenters. The van der Waals surface area contributed by atoms with E-state index in [9.17, 15) is 4.79 Å². The van der Waals surface area contributed by atoms with E-state index in [1.807, 2.05) is 29.2 Å². The summed E-state index contributed by atoms with van der Waals surface area (Å²) in [5.74, 6) is 1.53. The second-order valence-electron chi connectivity index (χ2n) is 6.34. The third-order valence-electron chi connectivity index (χ3n) is 4.44. The number of para-hydroxylation sites is 2. The van der Waals surface area contributed by atoms with Crippen LogP contribution in [0.2, 0.25) is 0 Å². The molecule has 1 amide bonds. The molecule has 0 spiro atoms. The molecule has 3 atom stereocenters. The van der Waals surface area contributed by atoms with Crippen molar-refractivity contribution in [2.45, 2.75) is 44.5 Å². The Kier molecular flexibility index (Phi) is 7.35. The molecule has 0 aliphatic carbocycles. The lowest BCUT2D eigenvalue weighted by Crippen LogP contribution is -2.47. The van der Waals surface area contributed by atoms with Crippen LogP contribution in [0.5, 0.6) is 11.5 Å². The Morgan fingerprint density at radius 1 is 1.24 bits per heavy atom. The summed E-state index contributed by atoms with van der Waals surface area (Å²) < 4.78 is 17.5. The summed E-state index contributed by atoms with van der Waals surface area (Å²) in [6, 6.07) is 7.61. The molecule has 1 saturated heterocycles. The number of fused-ring (bicyclic) bond motifs is 1. The van der Waals surface area contributed by atoms with Gasteiger partial charge in [-0.05, 0) is 31.4 Å². The van der Waals surface area contributed by atoms with Gasteiger partial charge in [0.25, 0.3) is 5.91 Å². The van der Waals surface area contributed by atoms with Crippen LogP contribution in [0.3, 0.4) is 0 Å². The van der Waals surface area contributed by atoms with Crippen LogP contribution in [0.25, 0.3) is 0 Å². The Hall–Kier alpha value is -1.50. The molecule has 0 aromatic heterocycles. The Morgan fingerprint density at radius 2 is 2.00 bits per heavy atom. The van der Waals surface area contributed by atoms with Gasteiger partial charge in [0.15, 0.2) is 17.6 Å². The standard InChI is InChI=1S/C18H26N2O4.ClH/c1-2-9-20(18(21)17-8-7-13(10-19)23-17)11-14-12-22-15-5-3-4-6-16(15)24-14;/h3-6,13-14,17H,2,7-12,19H2,1H3;1H/t13-,14?,17+;/m1./s1. The first-order valence-corrected chi connectivity index (χ1v) is 8.74. The van der Waals surface area contributed by atoms with Gasteiger partial charge in [-0.25, -0.2) is 0 Å². The minimum Gasteiger partial charge on any atom is -0.486 e. The fourth-order valence-electron chi connectivity index (χ4n) is 3.22. The summed E-state index contributed by atoms with van der Waals surface area (Å²) in [7, 11) is 0. The highest BCUT2D eigenvalue weighted by Crippen LogP contribution is 2.31. The van der Waals surface area contributed by atoms with Crippen LogP contribution in [0.1, 0.15) is 26.2 Å². The molecule has 2 N–H and O–H groups in total. The van der Waals surface area contributed by atoms with E-state index in [1.165, 1.54) is 0 Å². The van der Waals surface area contributed by atoms with Crippen molar-refractivity contribution in [2.24, 2.45) is 5.73 Å². The fraction of sp³-hybridized carbons (Fsp3) is 0.611. The highest BCUT2D eigenvalue weighted by atomic mass is 35.5. The van der Waals surface area contributed by atoms with Crippen LogP contribution in [-0.4, -0.2) is 55.4 Å². The van der Waals surface area contributed by atoms with Crippen molar-refractivity contribution in [1.82, 2.24) is 4.90 Å². The molecule has 1 fully saturated rings. The molecular formula is C18H27ClN2O4. The lowest BCUT2D eigenvalue weighted by atomic mass is 10.1. The van der Waals surface area contributed by atoms with Crippen molar-refractivity contribution in [2.75, 3.05) is 26.2 Å². The monoisotopic (exact) mass is 370 g/mol. The van der Waals surface area contributed by atoms with Crippen molar-refractivity contribution in [3.63, 3.8) is 0 Å². The quantitative estimate of drug-likeness (QED) is 0.829. The zero-order valence-corrected chi connectivity index (χ0v) is 15.4. The summed E-state index contributed by atoms with van der Waals surface area (Å²) in [4.78, 5) is 14.6. The van der Waals surface area contributed by atoms with Crippen LogP contribution in [0, 0.1) is 0 Å². The Morgan fingerprint density at radius 3 is 2.68 bits per heavy atom. The van der Waals surface area contributed by atoms with E-state index < -0.39 is 0 Å². The van der Waals surface area contributed by atoms with E-state index in [0.29, 0.717) is 26.2 Å². The number of halogens is 1. The second-order valence-corrected chi connectivity index (χ2v) is 6.34. The van der Waals surface area contributed by atoms with Crippen molar-refractivity contribution in [3.05, 3.63) is 24.3 Å². The van der Waals surface area contributed by atoms with Crippen molar-refractivity contribution in [1.29, 1.82) is 0 Å². The Balaban J connectivity index is 0.00000225. The summed E-state index contributed by atoms with van der Waals surface area (Å²) in [5.41, 5.74) is 5.64. The van der Waals surface area contributed by atoms with Crippen LogP contribution in [-0.2, 0) is 9.53 Å². The van der Waals surface area contributed by atoms with E-state index in [0.717, 1.165) is 30.8 Å². The fourth-order valence-corrected chi connectivity index (χ4v) is 3.22. The lowest BCUT2D eigenvalue weighted by Gasteiger charge is -2.32. The van der Waals surface area contributed by atoms with Gasteiger partial charge in [0.1, 0.15) is 12.7 Å². The van der Waals surface area contributed by atoms with E-state index in [2.05, 4.69) is 6.92 Å². The predicted octanol–water partition coefficient (Wildman–Crippen LogP) is 1.99. The molecule has 1 aromatic rings. The molecule has 0 bridgehead atoms. The number of benzene rings is 1. The molecule has 0 radical (unpaired) electrons. The predicted molar refractivity (Wildman–Crippen MR) is 97.4 cm³/mol. The average molecular weight is 371 g/mol. The first-order chi connectivity index (χ1) is 11.7. The van der Waals surface area contributed by atoms with Crippen LogP contribution in [0.4, 0.5) is 0 Å². The minimum absolute atomic E-state index is 0. The number of amides is 1. The minimum atomic E-state index is -0.373. The third-order valence-corrected chi connectivity index (χ3v) is 4.44. The van der Waals surface area contributed by atoms with Crippen LogP contribution < -0.4 is 15.2 Å². The summed E-state index contributed by atoms with van der Waals surface area (Å²) in [5, 5.41) is 0. The smallest absolute Gasteiger partial charge is 0.251 e. The van der Waals surface area contributed by atoms with Gasteiger partial charge in [-0.15, -0.1) is 12.4 Å². The molecule has 3 rings (SSSR count). The van der Waals surface area contributed by atoms with Gasteiger partial charge < -0.3 is 24.8 Å². The number of ether oxygens (including phenoxy) is 3. The number of nitrogens with zero attached hydrogens (tertiary/aromatic N) is 1. The number of nitrogens with two attached hydrogens (primary N) is 1. The topological polar surface area (TPSA) is 74.0 Å². The normalized spacial score (nSPS) is 24.5. The zero-order valence-electron chi connectivity index (χ0n) is 14.6. The Bertz CT molecular complexity index is 572. The molecule has 2 aliphatic rings. The molecule has 2 heterocycles. The molecule has 2 aliphatic heterocycles. The zero-order chi connectivity index (χ0) is 16.9. The van der Waals surface area contributed by atoms with Crippen molar-refractivity contribution in [3.8, 4) is 11.5 Å². The van der Waals surface area contributed by atoms with Gasteiger partial charge in [0, 0.05) is 13.1 Å². The average Bonchev–Trinajstić information content (AvgIpc) is 3.10. The van der Waals surface area contributed by atoms with Gasteiger partial charge in [0.05, 0.1) is 12.6 Å². The number of carbonyl (C=O) groups excluding carboxylic acids is 1. The summed E-state index contributed by atoms with van der Waals surface area (Å²) in [6.07, 6.45) is 1.95. The van der Waals surface area contributed by atoms with Gasteiger partial charge in [-0.1, -0.05) is 19.1 Å². The SMILES string of the molecule is CCCN(CC1COc2ccccc2O1)C(=O)[C@@H]1CC[C@H](CN)O1.Cl. The maximum Gasteiger partial charge on any atom is 0.251 e.